The van der Waals surface area contributed by atoms with Gasteiger partial charge in [0, 0.05) is 18.0 Å². The molecule has 5 heteroatoms. The van der Waals surface area contributed by atoms with Gasteiger partial charge >= 0.3 is 11.9 Å². The summed E-state index contributed by atoms with van der Waals surface area (Å²) in [5.41, 5.74) is 1.32. The van der Waals surface area contributed by atoms with E-state index in [-0.39, 0.29) is 16.7 Å². The van der Waals surface area contributed by atoms with Gasteiger partial charge in [-0.25, -0.2) is 9.59 Å². The van der Waals surface area contributed by atoms with Gasteiger partial charge in [-0.05, 0) is 30.2 Å². The van der Waals surface area contributed by atoms with Crippen LogP contribution in [0.15, 0.2) is 36.7 Å². The van der Waals surface area contributed by atoms with Crippen molar-refractivity contribution in [2.75, 3.05) is 0 Å². The van der Waals surface area contributed by atoms with Gasteiger partial charge in [-0.2, -0.15) is 0 Å². The van der Waals surface area contributed by atoms with E-state index in [1.54, 1.807) is 24.5 Å². The summed E-state index contributed by atoms with van der Waals surface area (Å²) in [6, 6.07) is 6.33. The van der Waals surface area contributed by atoms with E-state index in [2.05, 4.69) is 4.98 Å². The van der Waals surface area contributed by atoms with Crippen LogP contribution in [0, 0.1) is 6.92 Å². The molecule has 0 bridgehead atoms. The number of carbonyl (C=O) groups is 2. The lowest BCUT2D eigenvalue weighted by Crippen LogP contribution is -2.09. The Hall–Kier alpha value is -2.69. The molecule has 0 atom stereocenters. The second kappa shape index (κ2) is 4.89. The number of hydrogen-bond donors (Lipinski definition) is 2. The molecule has 0 saturated carbocycles. The zero-order valence-electron chi connectivity index (χ0n) is 10.1. The van der Waals surface area contributed by atoms with Gasteiger partial charge in [0.25, 0.3) is 0 Å². The quantitative estimate of drug-likeness (QED) is 0.881. The standard InChI is InChI=1S/C14H11NO4/c1-8-10(13(16)17)4-5-11(12(8)14(18)19)9-3-2-6-15-7-9/h2-7H,1H3,(H,16,17)(H,18,19). The van der Waals surface area contributed by atoms with Gasteiger partial charge in [0.05, 0.1) is 11.1 Å². The first-order valence-corrected chi connectivity index (χ1v) is 5.53. The molecule has 0 unspecified atom stereocenters. The Morgan fingerprint density at radius 2 is 1.84 bits per heavy atom. The first-order valence-electron chi connectivity index (χ1n) is 5.53. The van der Waals surface area contributed by atoms with Crippen LogP contribution >= 0.6 is 0 Å². The molecule has 2 N–H and O–H groups in total. The van der Waals surface area contributed by atoms with Gasteiger partial charge in [0.1, 0.15) is 0 Å². The SMILES string of the molecule is Cc1c(C(=O)O)ccc(-c2cccnc2)c1C(=O)O. The summed E-state index contributed by atoms with van der Waals surface area (Å²) in [7, 11) is 0. The monoisotopic (exact) mass is 257 g/mol. The fourth-order valence-corrected chi connectivity index (χ4v) is 1.98. The molecule has 1 aromatic carbocycles. The number of rotatable bonds is 3. The molecule has 1 heterocycles. The summed E-state index contributed by atoms with van der Waals surface area (Å²) < 4.78 is 0. The molecule has 2 rings (SSSR count). The van der Waals surface area contributed by atoms with Gasteiger partial charge in [-0.15, -0.1) is 0 Å². The van der Waals surface area contributed by atoms with Crippen molar-refractivity contribution in [3.8, 4) is 11.1 Å². The maximum absolute atomic E-state index is 11.4. The Balaban J connectivity index is 2.73. The predicted octanol–water partition coefficient (Wildman–Crippen LogP) is 2.45. The highest BCUT2D eigenvalue weighted by atomic mass is 16.4. The third-order valence-electron chi connectivity index (χ3n) is 2.88. The van der Waals surface area contributed by atoms with Gasteiger partial charge in [0.2, 0.25) is 0 Å². The zero-order chi connectivity index (χ0) is 14.0. The van der Waals surface area contributed by atoms with E-state index in [0.717, 1.165) is 0 Å². The fraction of sp³-hybridized carbons (Fsp3) is 0.0714. The number of nitrogens with zero attached hydrogens (tertiary/aromatic N) is 1. The third-order valence-corrected chi connectivity index (χ3v) is 2.88. The van der Waals surface area contributed by atoms with Crippen LogP contribution in [0.25, 0.3) is 11.1 Å². The van der Waals surface area contributed by atoms with Crippen LogP contribution in [0.5, 0.6) is 0 Å². The van der Waals surface area contributed by atoms with Crippen LogP contribution in [-0.4, -0.2) is 27.1 Å². The van der Waals surface area contributed by atoms with Gasteiger partial charge in [0.15, 0.2) is 0 Å². The average Bonchev–Trinajstić information content (AvgIpc) is 2.38. The molecule has 0 aliphatic heterocycles. The maximum atomic E-state index is 11.4. The second-order valence-electron chi connectivity index (χ2n) is 4.01. The predicted molar refractivity (Wildman–Crippen MR) is 68.3 cm³/mol. The molecule has 2 aromatic rings. The molecule has 0 saturated heterocycles. The van der Waals surface area contributed by atoms with Crippen molar-refractivity contribution in [2.24, 2.45) is 0 Å². The number of pyridine rings is 1. The molecular formula is C14H11NO4. The van der Waals surface area contributed by atoms with Crippen LogP contribution in [0.1, 0.15) is 26.3 Å². The van der Waals surface area contributed by atoms with Crippen LogP contribution < -0.4 is 0 Å². The van der Waals surface area contributed by atoms with Crippen LogP contribution in [0.3, 0.4) is 0 Å². The largest absolute Gasteiger partial charge is 0.478 e. The molecule has 0 radical (unpaired) electrons. The first kappa shape index (κ1) is 12.8. The zero-order valence-corrected chi connectivity index (χ0v) is 10.1. The number of carboxylic acids is 2. The summed E-state index contributed by atoms with van der Waals surface area (Å²) in [6.45, 7) is 1.49. The Morgan fingerprint density at radius 1 is 1.11 bits per heavy atom. The lowest BCUT2D eigenvalue weighted by Gasteiger charge is -2.11. The maximum Gasteiger partial charge on any atom is 0.336 e. The molecule has 96 valence electrons. The van der Waals surface area contributed by atoms with E-state index in [0.29, 0.717) is 11.1 Å². The Kier molecular flexibility index (Phi) is 3.29. The van der Waals surface area contributed by atoms with Crippen LogP contribution in [0.2, 0.25) is 0 Å². The third kappa shape index (κ3) is 2.30. The molecule has 0 aliphatic rings. The lowest BCUT2D eigenvalue weighted by atomic mass is 9.93. The second-order valence-corrected chi connectivity index (χ2v) is 4.01. The van der Waals surface area contributed by atoms with Crippen LogP contribution in [-0.2, 0) is 0 Å². The minimum absolute atomic E-state index is 0.00657. The van der Waals surface area contributed by atoms with Crippen molar-refractivity contribution in [3.05, 3.63) is 53.3 Å². The van der Waals surface area contributed by atoms with E-state index >= 15 is 0 Å². The number of hydrogen-bond acceptors (Lipinski definition) is 3. The lowest BCUT2D eigenvalue weighted by molar-refractivity contribution is 0.0696. The molecule has 1 aromatic heterocycles. The summed E-state index contributed by atoms with van der Waals surface area (Å²) >= 11 is 0. The Bertz CT molecular complexity index is 650. The van der Waals surface area contributed by atoms with Gasteiger partial charge in [-0.1, -0.05) is 12.1 Å². The summed E-state index contributed by atoms with van der Waals surface area (Å²) in [6.07, 6.45) is 3.13. The number of benzene rings is 1. The van der Waals surface area contributed by atoms with Crippen LogP contribution in [0.4, 0.5) is 0 Å². The summed E-state index contributed by atoms with van der Waals surface area (Å²) in [4.78, 5) is 26.4. The van der Waals surface area contributed by atoms with Crippen molar-refractivity contribution in [1.29, 1.82) is 0 Å². The molecule has 19 heavy (non-hydrogen) atoms. The van der Waals surface area contributed by atoms with E-state index in [4.69, 9.17) is 5.11 Å². The van der Waals surface area contributed by atoms with Crippen molar-refractivity contribution >= 4 is 11.9 Å². The minimum Gasteiger partial charge on any atom is -0.478 e. The highest BCUT2D eigenvalue weighted by molar-refractivity contribution is 6.01. The summed E-state index contributed by atoms with van der Waals surface area (Å²) in [5, 5.41) is 18.3. The Morgan fingerprint density at radius 3 is 2.37 bits per heavy atom. The van der Waals surface area contributed by atoms with E-state index in [1.807, 2.05) is 0 Å². The van der Waals surface area contributed by atoms with Gasteiger partial charge < -0.3 is 10.2 Å². The minimum atomic E-state index is -1.15. The highest BCUT2D eigenvalue weighted by Crippen LogP contribution is 2.27. The van der Waals surface area contributed by atoms with E-state index < -0.39 is 11.9 Å². The van der Waals surface area contributed by atoms with Crippen molar-refractivity contribution in [3.63, 3.8) is 0 Å². The smallest absolute Gasteiger partial charge is 0.336 e. The summed E-state index contributed by atoms with van der Waals surface area (Å²) in [5.74, 6) is -2.29. The highest BCUT2D eigenvalue weighted by Gasteiger charge is 2.20. The Labute approximate surface area is 109 Å². The van der Waals surface area contributed by atoms with Crippen molar-refractivity contribution in [1.82, 2.24) is 4.98 Å². The normalized spacial score (nSPS) is 10.2. The molecule has 0 aliphatic carbocycles. The number of carboxylic acid groups (broad SMARTS) is 2. The topological polar surface area (TPSA) is 87.5 Å². The number of aromatic nitrogens is 1. The molecule has 0 fully saturated rings. The molecule has 5 nitrogen and oxygen atoms in total. The van der Waals surface area contributed by atoms with Crippen molar-refractivity contribution < 1.29 is 19.8 Å². The first-order chi connectivity index (χ1) is 9.02. The van der Waals surface area contributed by atoms with E-state index in [1.165, 1.54) is 19.1 Å². The molecule has 0 spiro atoms. The fourth-order valence-electron chi connectivity index (χ4n) is 1.98. The average molecular weight is 257 g/mol. The van der Waals surface area contributed by atoms with Gasteiger partial charge in [-0.3, -0.25) is 4.98 Å². The number of aromatic carboxylic acids is 2. The molecular weight excluding hydrogens is 246 g/mol. The van der Waals surface area contributed by atoms with Crippen molar-refractivity contribution in [2.45, 2.75) is 6.92 Å². The van der Waals surface area contributed by atoms with E-state index in [9.17, 15) is 14.7 Å². The molecule has 0 amide bonds.